The van der Waals surface area contributed by atoms with E-state index in [1.54, 1.807) is 12.4 Å². The Hall–Kier alpha value is -14.9. The number of nitrogens with zero attached hydrogens (tertiary/aromatic N) is 11. The van der Waals surface area contributed by atoms with E-state index in [9.17, 15) is 4.79 Å². The van der Waals surface area contributed by atoms with Crippen LogP contribution in [0.1, 0.15) is 123 Å². The van der Waals surface area contributed by atoms with Crippen LogP contribution in [0.3, 0.4) is 0 Å². The number of carbonyl (C=O) groups excluding carboxylic acids is 1. The molecule has 0 spiro atoms. The number of anilines is 1. The molecule has 1 N–H and O–H groups in total. The molecule has 699 valence electrons. The number of hydrogen-bond donors (Lipinski definition) is 1. The number of allylic oxidation sites excluding steroid dienone is 6. The number of carbonyl (C=O) groups is 1. The normalized spacial score (nSPS) is 13.3. The molecule has 0 atom stereocenters. The number of ether oxygens (including phenoxy) is 1. The van der Waals surface area contributed by atoms with E-state index in [4.69, 9.17) is 30.9 Å². The molecule has 3 radical (unpaired) electrons. The molecule has 140 heavy (non-hydrogen) atoms. The first kappa shape index (κ1) is 89.0. The molecular formula is C123H105Ir3N11O3-2. The minimum absolute atomic E-state index is 0. The number of para-hydroxylation sites is 3. The second-order valence-corrected chi connectivity index (χ2v) is 34.2. The summed E-state index contributed by atoms with van der Waals surface area (Å²) in [5.74, 6) is 3.62. The second kappa shape index (κ2) is 46.5. The maximum absolute atomic E-state index is 10.0. The van der Waals surface area contributed by atoms with Gasteiger partial charge in [0.25, 0.3) is 11.3 Å². The molecule has 0 unspecified atom stereocenters. The Bertz CT molecular complexity index is 8130. The summed E-state index contributed by atoms with van der Waals surface area (Å²) in [6.07, 6.45) is 22.4. The third-order valence-corrected chi connectivity index (χ3v) is 23.7. The standard InChI is InChI=1S/C27H18N.C22H25N2.C18H16N3.C15H10NO.C13H10N2.C12H10N.C11H8N.C5H8O2.3Ir/c1-4-10-20(11-5-1)23-16-17-26-25(18-23)24(21-12-6-2-7-13-21)19-27(28-26)22-14-8-3-9-15-22;1-15(2)18-10-7-11-19(16(3)4)21(18)24-13-12-23-14-17-8-5-6-9-20(17)22(23)24;1-11(2)21-19-17-15-8-4-3-7-13(15)14-9-5-6-12-10-20(21)18(17)16(12)14;1-11-13(14-7-4-5-9-16-14)10-12-6-2-3-8-15(12)17-11;1-2-6-12(7-3-1)15-10-13-8-4-5-9-14(13)11-15;1-2-6-11-10(5-1)9-13-8-4-3-7-12(11)13;1-2-6-10(7-3-1)11-8-4-5-9-12-11;1-4(6)3-5(2)7;;;/h1-14,16-19H;5-13,15-16H,14H2,1-4H3;3-9,11H,10H2,1-2H3;2-9H,1H2;1-6,8-11H;1-8H,9H2;1-6,8-9H;3,6H,1-2H3;;;/q-1;2*+1;-1;-2;+1;-1;;;;/i;;;;;1D,2D,3D,4D,5D,6D,7D,8D;;;;;. The van der Waals surface area contributed by atoms with Crippen LogP contribution in [0.25, 0.3) is 122 Å². The van der Waals surface area contributed by atoms with Crippen LogP contribution in [-0.4, -0.2) is 45.2 Å². The van der Waals surface area contributed by atoms with E-state index in [2.05, 4.69) is 299 Å². The van der Waals surface area contributed by atoms with E-state index in [1.165, 1.54) is 119 Å². The van der Waals surface area contributed by atoms with Crippen LogP contribution in [0.4, 0.5) is 5.69 Å². The number of aliphatic hydroxyl groups is 1. The largest absolute Gasteiger partial charge is 0.527 e. The van der Waals surface area contributed by atoms with Gasteiger partial charge in [-0.3, -0.25) is 14.8 Å². The van der Waals surface area contributed by atoms with Gasteiger partial charge in [-0.2, -0.15) is 39.5 Å². The van der Waals surface area contributed by atoms with Gasteiger partial charge in [-0.1, -0.05) is 258 Å². The number of fused-ring (bicyclic) bond motifs is 12. The van der Waals surface area contributed by atoms with E-state index < -0.39 is 12.1 Å². The number of imidazole rings is 1. The Balaban J connectivity index is 0.000000129. The van der Waals surface area contributed by atoms with Gasteiger partial charge >= 0.3 is 0 Å². The fraction of sp³-hybridized carbons (Fsp3) is 0.114. The summed E-state index contributed by atoms with van der Waals surface area (Å²) < 4.78 is 76.6. The molecule has 6 aliphatic rings. The van der Waals surface area contributed by atoms with Gasteiger partial charge in [0.15, 0.2) is 18.5 Å². The van der Waals surface area contributed by atoms with E-state index in [0.29, 0.717) is 29.2 Å². The Labute approximate surface area is 871 Å². The number of aromatic nitrogens is 9. The molecule has 13 aromatic carbocycles. The number of benzene rings is 13. The van der Waals surface area contributed by atoms with Gasteiger partial charge in [-0.25, -0.2) is 4.57 Å². The number of pyridine rings is 4. The average molecular weight is 2370 g/mol. The van der Waals surface area contributed by atoms with Crippen LogP contribution in [0, 0.1) is 30.9 Å². The van der Waals surface area contributed by atoms with Gasteiger partial charge in [-0.05, 0) is 162 Å². The summed E-state index contributed by atoms with van der Waals surface area (Å²) in [4.78, 5) is 29.7. The Kier molecular flexibility index (Phi) is 29.6. The minimum Gasteiger partial charge on any atom is -0.527 e. The molecule has 14 nitrogen and oxygen atoms in total. The summed E-state index contributed by atoms with van der Waals surface area (Å²) in [5, 5.41) is 19.7. The monoisotopic (exact) mass is 2370 g/mol. The zero-order valence-corrected chi connectivity index (χ0v) is 85.6. The fourth-order valence-corrected chi connectivity index (χ4v) is 17.4. The van der Waals surface area contributed by atoms with Crippen molar-refractivity contribution >= 4 is 60.5 Å². The van der Waals surface area contributed by atoms with E-state index in [0.717, 1.165) is 80.3 Å². The van der Waals surface area contributed by atoms with Crippen LogP contribution in [0.2, 0.25) is 0 Å². The molecule has 0 aliphatic carbocycles. The third-order valence-electron chi connectivity index (χ3n) is 23.7. The van der Waals surface area contributed by atoms with Gasteiger partial charge in [-0.15, -0.1) is 101 Å². The molecule has 0 amide bonds. The van der Waals surface area contributed by atoms with Crippen LogP contribution < -0.4 is 23.5 Å². The quantitative estimate of drug-likeness (QED) is 0.0443. The molecule has 12 heterocycles. The SMILES string of the molecule is C=C1Oc2ccccc2[C-]=C1c1ccccn1.CC(=O)C=C(C)O.CC(C)c1cccc(C(C)C)c1-n1cc[n+]2c1-c1ccccc1C2.CC(C)n1nc2c3ccccc3c3cccc4c3c2[n+]1C4.[2H]c1c([2H])c([2H])c2c(c1[2H])C[n+]1c([2H])c([2H])c([2H])c([2H])c1-2.[Ir].[Ir].[Ir].[c-]1ccccc1-c1cc(-c2ccccc2)c2cc(-c3ccccc3)ccc2n1.[c-]1ccccc1-c1ccccn1.[c-]1ccccc1N1C=C2C=CC=CN2[CH-]1. The molecular weight excluding hydrogens is 2260 g/mol. The van der Waals surface area contributed by atoms with Crippen LogP contribution >= 0.6 is 0 Å². The first-order valence-electron chi connectivity index (χ1n) is 49.8. The minimum atomic E-state index is -0.411. The molecule has 0 saturated carbocycles. The first-order chi connectivity index (χ1) is 70.3. The van der Waals surface area contributed by atoms with Crippen molar-refractivity contribution in [3.63, 3.8) is 0 Å². The van der Waals surface area contributed by atoms with Crippen molar-refractivity contribution in [3.05, 3.63) is 507 Å². The predicted octanol–water partition coefficient (Wildman–Crippen LogP) is 27.1. The molecule has 0 saturated heterocycles. The zero-order chi connectivity index (χ0) is 101. The Morgan fingerprint density at radius 3 is 1.84 bits per heavy atom. The van der Waals surface area contributed by atoms with Crippen LogP contribution in [-0.2, 0) is 84.7 Å². The molecule has 6 aliphatic heterocycles. The van der Waals surface area contributed by atoms with Gasteiger partial charge in [0.05, 0.1) is 43.5 Å². The summed E-state index contributed by atoms with van der Waals surface area (Å²) in [6.45, 7) is 24.2. The smallest absolute Gasteiger partial charge is 0.294 e. The summed E-state index contributed by atoms with van der Waals surface area (Å²) >= 11 is 0. The molecule has 0 bridgehead atoms. The third kappa shape index (κ3) is 22.6. The fourth-order valence-electron chi connectivity index (χ4n) is 17.4. The van der Waals surface area contributed by atoms with Gasteiger partial charge in [0.2, 0.25) is 11.2 Å². The number of ketones is 1. The van der Waals surface area contributed by atoms with Gasteiger partial charge < -0.3 is 24.6 Å². The van der Waals surface area contributed by atoms with Gasteiger partial charge in [0, 0.05) is 151 Å². The first-order valence-corrected chi connectivity index (χ1v) is 45.8. The molecule has 0 fully saturated rings. The molecule has 17 heteroatoms. The molecule has 19 aromatic rings. The Morgan fingerprint density at radius 2 is 1.16 bits per heavy atom. The number of hydrogen-bond acceptors (Lipinski definition) is 9. The van der Waals surface area contributed by atoms with Crippen molar-refractivity contribution in [2.75, 3.05) is 4.90 Å². The molecule has 6 aromatic heterocycles. The Morgan fingerprint density at radius 1 is 0.543 bits per heavy atom. The van der Waals surface area contributed by atoms with Gasteiger partial charge in [0.1, 0.15) is 38.6 Å². The molecule has 25 rings (SSSR count). The van der Waals surface area contributed by atoms with Crippen molar-refractivity contribution in [1.82, 2.24) is 34.3 Å². The van der Waals surface area contributed by atoms with Crippen molar-refractivity contribution in [1.29, 1.82) is 0 Å². The number of rotatable bonds is 11. The number of aliphatic hydroxyl groups excluding tert-OH is 1. The predicted molar refractivity (Wildman–Crippen MR) is 553 cm³/mol. The van der Waals surface area contributed by atoms with Crippen molar-refractivity contribution in [2.45, 2.75) is 92.9 Å². The topological polar surface area (TPSA) is 126 Å². The van der Waals surface area contributed by atoms with Crippen molar-refractivity contribution < 1.29 is 99.7 Å². The van der Waals surface area contributed by atoms with Crippen LogP contribution in [0.5, 0.6) is 5.75 Å². The van der Waals surface area contributed by atoms with E-state index >= 15 is 0 Å². The van der Waals surface area contributed by atoms with Crippen molar-refractivity contribution in [2.24, 2.45) is 0 Å². The summed E-state index contributed by atoms with van der Waals surface area (Å²) in [6, 6.07) is 111. The summed E-state index contributed by atoms with van der Waals surface area (Å²) in [5.41, 5.74) is 25.9. The average Bonchev–Trinajstić information content (AvgIpc) is 1.53. The maximum Gasteiger partial charge on any atom is 0.294 e. The van der Waals surface area contributed by atoms with Crippen molar-refractivity contribution in [3.8, 4) is 78.9 Å². The van der Waals surface area contributed by atoms with Crippen LogP contribution in [0.15, 0.2) is 437 Å². The summed E-state index contributed by atoms with van der Waals surface area (Å²) in [7, 11) is 0. The van der Waals surface area contributed by atoms with E-state index in [1.807, 2.05) is 165 Å². The maximum atomic E-state index is 10.0. The second-order valence-electron chi connectivity index (χ2n) is 34.2. The van der Waals surface area contributed by atoms with E-state index in [-0.39, 0.29) is 126 Å². The zero-order valence-electron chi connectivity index (χ0n) is 86.5.